The third-order valence-electron chi connectivity index (χ3n) is 1.47. The average Bonchev–Trinajstić information content (AvgIpc) is 2.53. The summed E-state index contributed by atoms with van der Waals surface area (Å²) in [7, 11) is 0. The van der Waals surface area contributed by atoms with Crippen molar-refractivity contribution in [3.63, 3.8) is 0 Å². The second-order valence-corrected chi connectivity index (χ2v) is 2.35. The molecule has 1 heterocycles. The molecule has 4 heteroatoms. The molecule has 0 saturated heterocycles. The molecule has 0 radical (unpaired) electrons. The number of imidazole rings is 1. The first-order valence-corrected chi connectivity index (χ1v) is 3.91. The highest BCUT2D eigenvalue weighted by molar-refractivity contribution is 5.70. The van der Waals surface area contributed by atoms with Crippen LogP contribution in [0.25, 0.3) is 0 Å². The minimum atomic E-state index is 0.464. The summed E-state index contributed by atoms with van der Waals surface area (Å²) in [6.45, 7) is 4.07. The predicted octanol–water partition coefficient (Wildman–Crippen LogP) is 0.732. The second kappa shape index (κ2) is 4.66. The highest BCUT2D eigenvalue weighted by Gasteiger charge is 1.95. The van der Waals surface area contributed by atoms with E-state index < -0.39 is 0 Å². The fraction of sp³-hybridized carbons (Fsp3) is 0.500. The van der Waals surface area contributed by atoms with Crippen molar-refractivity contribution in [1.82, 2.24) is 9.55 Å². The van der Waals surface area contributed by atoms with Crippen LogP contribution in [0.5, 0.6) is 0 Å². The molecule has 1 rings (SSSR count). The van der Waals surface area contributed by atoms with Gasteiger partial charge in [0.15, 0.2) is 6.29 Å². The molecule has 1 aromatic heterocycles. The van der Waals surface area contributed by atoms with Gasteiger partial charge in [-0.2, -0.15) is 0 Å². The Morgan fingerprint density at radius 1 is 1.75 bits per heavy atom. The lowest BCUT2D eigenvalue weighted by Crippen LogP contribution is -2.03. The van der Waals surface area contributed by atoms with Crippen LogP contribution in [0, 0.1) is 0 Å². The number of aldehydes is 1. The molecule has 0 aliphatic carbocycles. The Kier molecular flexibility index (Phi) is 3.47. The lowest BCUT2D eigenvalue weighted by atomic mass is 10.5. The summed E-state index contributed by atoms with van der Waals surface area (Å²) in [5.41, 5.74) is 0.464. The normalized spacial score (nSPS) is 10.1. The van der Waals surface area contributed by atoms with E-state index in [1.54, 1.807) is 12.5 Å². The van der Waals surface area contributed by atoms with Gasteiger partial charge in [0, 0.05) is 19.3 Å². The van der Waals surface area contributed by atoms with Crippen LogP contribution in [0.4, 0.5) is 0 Å². The molecule has 0 amide bonds. The molecule has 0 bridgehead atoms. The lowest BCUT2D eigenvalue weighted by Gasteiger charge is -2.00. The van der Waals surface area contributed by atoms with Gasteiger partial charge in [0.1, 0.15) is 5.69 Å². The largest absolute Gasteiger partial charge is 0.380 e. The zero-order valence-corrected chi connectivity index (χ0v) is 7.06. The molecule has 0 N–H and O–H groups in total. The van der Waals surface area contributed by atoms with E-state index in [0.717, 1.165) is 19.4 Å². The van der Waals surface area contributed by atoms with Gasteiger partial charge in [-0.3, -0.25) is 4.79 Å². The Bertz CT molecular complexity index is 245. The van der Waals surface area contributed by atoms with E-state index >= 15 is 0 Å². The summed E-state index contributed by atoms with van der Waals surface area (Å²) >= 11 is 0. The predicted molar refractivity (Wildman–Crippen MR) is 44.1 cm³/mol. The maximum absolute atomic E-state index is 10.2. The number of carbonyl (C=O) groups excluding carboxylic acids is 1. The van der Waals surface area contributed by atoms with Gasteiger partial charge in [-0.25, -0.2) is 4.98 Å². The monoisotopic (exact) mass is 168 g/mol. The van der Waals surface area contributed by atoms with Crippen LogP contribution in [0.1, 0.15) is 17.4 Å². The SMILES string of the molecule is CCOCCn1cnc(C=O)c1. The molecule has 66 valence electrons. The fourth-order valence-corrected chi connectivity index (χ4v) is 0.875. The van der Waals surface area contributed by atoms with Gasteiger partial charge in [-0.15, -0.1) is 0 Å². The first-order valence-electron chi connectivity index (χ1n) is 3.91. The standard InChI is InChI=1S/C8H12N2O2/c1-2-12-4-3-10-5-8(6-11)9-7-10/h5-7H,2-4H2,1H3. The summed E-state index contributed by atoms with van der Waals surface area (Å²) < 4.78 is 6.98. The first-order chi connectivity index (χ1) is 5.86. The van der Waals surface area contributed by atoms with Crippen LogP contribution in [-0.4, -0.2) is 29.1 Å². The molecule has 0 aromatic carbocycles. The van der Waals surface area contributed by atoms with Crippen molar-refractivity contribution < 1.29 is 9.53 Å². The molecule has 0 atom stereocenters. The molecule has 0 unspecified atom stereocenters. The minimum Gasteiger partial charge on any atom is -0.380 e. The quantitative estimate of drug-likeness (QED) is 0.481. The number of hydrogen-bond donors (Lipinski definition) is 0. The van der Waals surface area contributed by atoms with Crippen molar-refractivity contribution in [2.45, 2.75) is 13.5 Å². The van der Waals surface area contributed by atoms with Crippen LogP contribution in [0.3, 0.4) is 0 Å². The van der Waals surface area contributed by atoms with Crippen molar-refractivity contribution in [2.24, 2.45) is 0 Å². The number of hydrogen-bond acceptors (Lipinski definition) is 3. The van der Waals surface area contributed by atoms with Crippen molar-refractivity contribution in [3.8, 4) is 0 Å². The van der Waals surface area contributed by atoms with E-state index in [1.807, 2.05) is 11.5 Å². The van der Waals surface area contributed by atoms with Gasteiger partial charge in [-0.1, -0.05) is 0 Å². The Morgan fingerprint density at radius 3 is 3.17 bits per heavy atom. The zero-order chi connectivity index (χ0) is 8.81. The molecule has 0 spiro atoms. The van der Waals surface area contributed by atoms with Gasteiger partial charge in [-0.05, 0) is 6.92 Å². The van der Waals surface area contributed by atoms with E-state index in [4.69, 9.17) is 4.74 Å². The summed E-state index contributed by atoms with van der Waals surface area (Å²) in [4.78, 5) is 14.1. The van der Waals surface area contributed by atoms with Gasteiger partial charge in [0.25, 0.3) is 0 Å². The third-order valence-corrected chi connectivity index (χ3v) is 1.47. The zero-order valence-electron chi connectivity index (χ0n) is 7.06. The van der Waals surface area contributed by atoms with Crippen molar-refractivity contribution in [1.29, 1.82) is 0 Å². The number of ether oxygens (including phenoxy) is 1. The van der Waals surface area contributed by atoms with E-state index in [-0.39, 0.29) is 0 Å². The van der Waals surface area contributed by atoms with Crippen LogP contribution in [0.15, 0.2) is 12.5 Å². The number of aromatic nitrogens is 2. The van der Waals surface area contributed by atoms with E-state index in [9.17, 15) is 4.79 Å². The van der Waals surface area contributed by atoms with Crippen LogP contribution in [-0.2, 0) is 11.3 Å². The second-order valence-electron chi connectivity index (χ2n) is 2.35. The Labute approximate surface area is 71.2 Å². The first kappa shape index (κ1) is 8.93. The van der Waals surface area contributed by atoms with Gasteiger partial charge in [0.2, 0.25) is 0 Å². The summed E-state index contributed by atoms with van der Waals surface area (Å²) in [5, 5.41) is 0. The Morgan fingerprint density at radius 2 is 2.58 bits per heavy atom. The van der Waals surface area contributed by atoms with Crippen molar-refractivity contribution in [3.05, 3.63) is 18.2 Å². The van der Waals surface area contributed by atoms with Crippen LogP contribution in [0.2, 0.25) is 0 Å². The fourth-order valence-electron chi connectivity index (χ4n) is 0.875. The highest BCUT2D eigenvalue weighted by Crippen LogP contribution is 1.92. The van der Waals surface area contributed by atoms with Crippen LogP contribution < -0.4 is 0 Å². The average molecular weight is 168 g/mol. The van der Waals surface area contributed by atoms with E-state index in [2.05, 4.69) is 4.98 Å². The maximum atomic E-state index is 10.2. The molecule has 0 saturated carbocycles. The Hall–Kier alpha value is -1.16. The number of carbonyl (C=O) groups is 1. The summed E-state index contributed by atoms with van der Waals surface area (Å²) in [6.07, 6.45) is 4.06. The molecule has 12 heavy (non-hydrogen) atoms. The van der Waals surface area contributed by atoms with Crippen LogP contribution >= 0.6 is 0 Å². The van der Waals surface area contributed by atoms with Gasteiger partial charge in [0.05, 0.1) is 12.9 Å². The van der Waals surface area contributed by atoms with E-state index in [0.29, 0.717) is 12.3 Å². The Balaban J connectivity index is 2.36. The number of rotatable bonds is 5. The highest BCUT2D eigenvalue weighted by atomic mass is 16.5. The van der Waals surface area contributed by atoms with E-state index in [1.165, 1.54) is 0 Å². The van der Waals surface area contributed by atoms with Gasteiger partial charge < -0.3 is 9.30 Å². The number of nitrogens with zero attached hydrogens (tertiary/aromatic N) is 2. The summed E-state index contributed by atoms with van der Waals surface area (Å²) in [5.74, 6) is 0. The molecule has 0 aliphatic heterocycles. The smallest absolute Gasteiger partial charge is 0.169 e. The van der Waals surface area contributed by atoms with Crippen molar-refractivity contribution in [2.75, 3.05) is 13.2 Å². The molecule has 0 fully saturated rings. The topological polar surface area (TPSA) is 44.1 Å². The molecule has 0 aliphatic rings. The third kappa shape index (κ3) is 2.47. The lowest BCUT2D eigenvalue weighted by molar-refractivity contribution is 0.111. The minimum absolute atomic E-state index is 0.464. The van der Waals surface area contributed by atoms with Crippen molar-refractivity contribution >= 4 is 6.29 Å². The van der Waals surface area contributed by atoms with Gasteiger partial charge >= 0.3 is 0 Å². The molecule has 4 nitrogen and oxygen atoms in total. The maximum Gasteiger partial charge on any atom is 0.169 e. The molecular weight excluding hydrogens is 156 g/mol. The molecule has 1 aromatic rings. The molecular formula is C8H12N2O2. The summed E-state index contributed by atoms with van der Waals surface area (Å²) in [6, 6.07) is 0.